The Morgan fingerprint density at radius 1 is 0.947 bits per heavy atom. The van der Waals surface area contributed by atoms with Gasteiger partial charge in [-0.2, -0.15) is 0 Å². The molecule has 0 bridgehead atoms. The van der Waals surface area contributed by atoms with Gasteiger partial charge in [-0.15, -0.1) is 0 Å². The zero-order valence-electron chi connectivity index (χ0n) is 9.85. The maximum absolute atomic E-state index is 10.9. The zero-order valence-corrected chi connectivity index (χ0v) is 9.85. The van der Waals surface area contributed by atoms with Crippen LogP contribution < -0.4 is 16.8 Å². The molecule has 0 fully saturated rings. The Labute approximate surface area is 104 Å². The Balaban J connectivity index is 0.000000141. The van der Waals surface area contributed by atoms with Gasteiger partial charge in [0.1, 0.15) is 0 Å². The van der Waals surface area contributed by atoms with Gasteiger partial charge in [0.05, 0.1) is 12.7 Å². The highest BCUT2D eigenvalue weighted by Gasteiger charge is 1.97. The van der Waals surface area contributed by atoms with Crippen molar-refractivity contribution in [2.24, 2.45) is 0 Å². The van der Waals surface area contributed by atoms with E-state index in [0.717, 1.165) is 0 Å². The van der Waals surface area contributed by atoms with E-state index in [1.54, 1.807) is 6.92 Å². The summed E-state index contributed by atoms with van der Waals surface area (Å²) in [4.78, 5) is 48.9. The summed E-state index contributed by atoms with van der Waals surface area (Å²) < 4.78 is 0. The lowest BCUT2D eigenvalue weighted by Gasteiger charge is -1.84. The number of H-pyrrole nitrogens is 4. The quantitative estimate of drug-likeness (QED) is 0.412. The van der Waals surface area contributed by atoms with E-state index >= 15 is 0 Å². The van der Waals surface area contributed by atoms with Gasteiger partial charge in [-0.1, -0.05) is 0 Å². The van der Waals surface area contributed by atoms with Crippen LogP contribution in [0.2, 0.25) is 0 Å². The van der Waals surface area contributed by atoms with E-state index < -0.39 is 5.69 Å². The number of hydrogen-bond acceptors (Lipinski definition) is 5. The molecule has 9 nitrogen and oxygen atoms in total. The number of aromatic nitrogens is 6. The second kappa shape index (κ2) is 5.12. The zero-order chi connectivity index (χ0) is 13.8. The van der Waals surface area contributed by atoms with E-state index in [4.69, 9.17) is 0 Å². The molecule has 3 heterocycles. The van der Waals surface area contributed by atoms with E-state index in [9.17, 15) is 14.4 Å². The average Bonchev–Trinajstić information content (AvgIpc) is 2.85. The van der Waals surface area contributed by atoms with Gasteiger partial charge < -0.3 is 15.0 Å². The smallest absolute Gasteiger partial charge is 0.325 e. The average molecular weight is 262 g/mol. The molecule has 0 spiro atoms. The molecule has 3 rings (SSSR count). The molecule has 0 radical (unpaired) electrons. The third kappa shape index (κ3) is 2.83. The molecule has 19 heavy (non-hydrogen) atoms. The number of fused-ring (bicyclic) bond motifs is 1. The lowest BCUT2D eigenvalue weighted by Crippen LogP contribution is -2.22. The highest BCUT2D eigenvalue weighted by molar-refractivity contribution is 5.67. The lowest BCUT2D eigenvalue weighted by atomic mass is 10.4. The molecular weight excluding hydrogens is 252 g/mol. The van der Waals surface area contributed by atoms with E-state index in [2.05, 4.69) is 29.9 Å². The third-order valence-electron chi connectivity index (χ3n) is 2.23. The topological polar surface area (TPSA) is 140 Å². The van der Waals surface area contributed by atoms with Crippen molar-refractivity contribution in [3.05, 3.63) is 55.6 Å². The van der Waals surface area contributed by atoms with Crippen LogP contribution in [0.15, 0.2) is 33.2 Å². The van der Waals surface area contributed by atoms with Crippen LogP contribution in [0.1, 0.15) is 5.56 Å². The van der Waals surface area contributed by atoms with Crippen molar-refractivity contribution >= 4 is 11.2 Å². The maximum Gasteiger partial charge on any atom is 0.325 e. The van der Waals surface area contributed by atoms with Gasteiger partial charge in [0.25, 0.3) is 11.1 Å². The van der Waals surface area contributed by atoms with E-state index in [1.807, 2.05) is 0 Å². The Bertz CT molecular complexity index is 855. The molecule has 4 N–H and O–H groups in total. The first-order valence-corrected chi connectivity index (χ1v) is 5.23. The number of nitrogens with one attached hydrogen (secondary N) is 4. The summed E-state index contributed by atoms with van der Waals surface area (Å²) in [7, 11) is 0. The molecule has 0 aromatic carbocycles. The van der Waals surface area contributed by atoms with Crippen LogP contribution in [0.3, 0.4) is 0 Å². The van der Waals surface area contributed by atoms with Gasteiger partial charge in [-0.25, -0.2) is 14.8 Å². The monoisotopic (exact) mass is 262 g/mol. The van der Waals surface area contributed by atoms with Gasteiger partial charge in [0.2, 0.25) is 0 Å². The number of aromatic amines is 4. The summed E-state index contributed by atoms with van der Waals surface area (Å²) in [5.74, 6) is 0. The fraction of sp³-hybridized carbons (Fsp3) is 0.100. The summed E-state index contributed by atoms with van der Waals surface area (Å²) in [5, 5.41) is 0. The second-order valence-corrected chi connectivity index (χ2v) is 3.59. The van der Waals surface area contributed by atoms with Crippen molar-refractivity contribution in [2.75, 3.05) is 0 Å². The van der Waals surface area contributed by atoms with Crippen LogP contribution in [0.4, 0.5) is 0 Å². The SMILES string of the molecule is Cc1c[nH]c(=O)[nH]c1=O.O=c1[nH]cnc2nc[nH]c12. The molecule has 0 unspecified atom stereocenters. The maximum atomic E-state index is 10.9. The van der Waals surface area contributed by atoms with Crippen LogP contribution >= 0.6 is 0 Å². The number of nitrogens with zero attached hydrogens (tertiary/aromatic N) is 2. The van der Waals surface area contributed by atoms with Crippen molar-refractivity contribution in [3.63, 3.8) is 0 Å². The standard InChI is InChI=1S/C5H4N4O.C5H6N2O2/c10-5-3-4(7-1-6-3)8-2-9-5;1-3-2-6-5(9)7-4(3)8/h1-2H,(H2,6,7,8,9,10);2H,1H3,(H2,6,7,8,9). The first kappa shape index (κ1) is 12.5. The molecule has 3 aromatic rings. The molecule has 0 aliphatic carbocycles. The fourth-order valence-electron chi connectivity index (χ4n) is 1.25. The molecule has 0 atom stereocenters. The van der Waals surface area contributed by atoms with Crippen molar-refractivity contribution in [1.82, 2.24) is 29.9 Å². The summed E-state index contributed by atoms with van der Waals surface area (Å²) in [6.45, 7) is 1.62. The number of hydrogen-bond donors (Lipinski definition) is 4. The second-order valence-electron chi connectivity index (χ2n) is 3.59. The molecule has 0 aliphatic rings. The van der Waals surface area contributed by atoms with Crippen molar-refractivity contribution in [1.29, 1.82) is 0 Å². The number of aryl methyl sites for hydroxylation is 1. The Kier molecular flexibility index (Phi) is 3.37. The van der Waals surface area contributed by atoms with E-state index in [1.165, 1.54) is 18.9 Å². The van der Waals surface area contributed by atoms with Crippen LogP contribution in [0.25, 0.3) is 11.2 Å². The molecule has 0 amide bonds. The highest BCUT2D eigenvalue weighted by Crippen LogP contribution is 1.94. The Morgan fingerprint density at radius 3 is 2.21 bits per heavy atom. The van der Waals surface area contributed by atoms with Gasteiger partial charge >= 0.3 is 5.69 Å². The van der Waals surface area contributed by atoms with Gasteiger partial charge in [-0.3, -0.25) is 14.6 Å². The van der Waals surface area contributed by atoms with Crippen molar-refractivity contribution in [2.45, 2.75) is 6.92 Å². The van der Waals surface area contributed by atoms with Crippen molar-refractivity contribution in [3.8, 4) is 0 Å². The summed E-state index contributed by atoms with van der Waals surface area (Å²) in [6.07, 6.45) is 4.14. The summed E-state index contributed by atoms with van der Waals surface area (Å²) >= 11 is 0. The van der Waals surface area contributed by atoms with Gasteiger partial charge in [0, 0.05) is 11.8 Å². The Morgan fingerprint density at radius 2 is 1.63 bits per heavy atom. The first-order chi connectivity index (χ1) is 9.08. The predicted octanol–water partition coefficient (Wildman–Crippen LogP) is -0.982. The number of imidazole rings is 1. The molecule has 3 aromatic heterocycles. The minimum Gasteiger partial charge on any atom is -0.339 e. The highest BCUT2D eigenvalue weighted by atomic mass is 16.2. The minimum atomic E-state index is -0.467. The van der Waals surface area contributed by atoms with Crippen LogP contribution in [0, 0.1) is 6.92 Å². The molecule has 98 valence electrons. The fourth-order valence-corrected chi connectivity index (χ4v) is 1.25. The van der Waals surface area contributed by atoms with Crippen LogP contribution in [-0.4, -0.2) is 29.9 Å². The number of rotatable bonds is 0. The minimum absolute atomic E-state index is 0.192. The molecular formula is C10H10N6O3. The molecule has 0 saturated carbocycles. The van der Waals surface area contributed by atoms with Crippen LogP contribution in [0.5, 0.6) is 0 Å². The van der Waals surface area contributed by atoms with Crippen molar-refractivity contribution < 1.29 is 0 Å². The largest absolute Gasteiger partial charge is 0.339 e. The van der Waals surface area contributed by atoms with E-state index in [-0.39, 0.29) is 11.1 Å². The lowest BCUT2D eigenvalue weighted by molar-refractivity contribution is 1.01. The molecule has 0 aliphatic heterocycles. The summed E-state index contributed by atoms with van der Waals surface area (Å²) in [5.41, 5.74) is 0.382. The van der Waals surface area contributed by atoms with Crippen LogP contribution in [-0.2, 0) is 0 Å². The molecule has 9 heteroatoms. The summed E-state index contributed by atoms with van der Waals surface area (Å²) in [6, 6.07) is 0. The third-order valence-corrected chi connectivity index (χ3v) is 2.23. The normalized spacial score (nSPS) is 9.95. The van der Waals surface area contributed by atoms with E-state index in [0.29, 0.717) is 16.7 Å². The van der Waals surface area contributed by atoms with Gasteiger partial charge in [0.15, 0.2) is 11.2 Å². The molecule has 0 saturated heterocycles. The predicted molar refractivity (Wildman–Crippen MR) is 66.9 cm³/mol. The van der Waals surface area contributed by atoms with Gasteiger partial charge in [-0.05, 0) is 6.92 Å². The Hall–Kier alpha value is -2.97. The first-order valence-electron chi connectivity index (χ1n) is 5.23.